The molecule has 0 amide bonds. The van der Waals surface area contributed by atoms with E-state index >= 15 is 0 Å². The quantitative estimate of drug-likeness (QED) is 0.221. The highest BCUT2D eigenvalue weighted by Crippen LogP contribution is 2.40. The molecule has 5 aromatic carbocycles. The summed E-state index contributed by atoms with van der Waals surface area (Å²) in [5.41, 5.74) is 8.19. The summed E-state index contributed by atoms with van der Waals surface area (Å²) in [6.07, 6.45) is 5.57. The highest BCUT2D eigenvalue weighted by atomic mass is 16.3. The fourth-order valence-electron chi connectivity index (χ4n) is 6.66. The van der Waals surface area contributed by atoms with Crippen LogP contribution >= 0.6 is 0 Å². The van der Waals surface area contributed by atoms with Gasteiger partial charge in [0.2, 0.25) is 0 Å². The number of aromatic nitrogens is 3. The topological polar surface area (TPSA) is 43.9 Å². The molecule has 204 valence electrons. The van der Waals surface area contributed by atoms with Crippen LogP contribution < -0.4 is 10.6 Å². The zero-order valence-corrected chi connectivity index (χ0v) is 23.7. The minimum atomic E-state index is 0.451. The molecule has 8 aromatic rings. The van der Waals surface area contributed by atoms with Gasteiger partial charge in [-0.15, -0.1) is 0 Å². The fraction of sp³-hybridized carbons (Fsp3) is 0.0769. The Morgan fingerprint density at radius 2 is 1.42 bits per heavy atom. The van der Waals surface area contributed by atoms with Crippen LogP contribution in [-0.2, 0) is 0 Å². The first kappa shape index (κ1) is 24.2. The van der Waals surface area contributed by atoms with Crippen molar-refractivity contribution in [1.29, 1.82) is 0 Å². The Balaban J connectivity index is 1.26. The van der Waals surface area contributed by atoms with E-state index < -0.39 is 0 Å². The van der Waals surface area contributed by atoms with Crippen molar-refractivity contribution in [3.63, 3.8) is 0 Å². The van der Waals surface area contributed by atoms with E-state index in [0.717, 1.165) is 78.3 Å². The van der Waals surface area contributed by atoms with E-state index in [2.05, 4.69) is 121 Å². The lowest BCUT2D eigenvalue weighted by molar-refractivity contribution is 0.671. The van der Waals surface area contributed by atoms with Gasteiger partial charge in [0.15, 0.2) is 11.4 Å². The summed E-state index contributed by atoms with van der Waals surface area (Å²) in [4.78, 5) is 10.2. The maximum absolute atomic E-state index is 6.52. The molecule has 43 heavy (non-hydrogen) atoms. The molecular formula is C39H27N3O. The molecule has 0 aliphatic heterocycles. The minimum Gasteiger partial charge on any atom is -0.454 e. The van der Waals surface area contributed by atoms with Crippen molar-refractivity contribution in [3.05, 3.63) is 126 Å². The largest absolute Gasteiger partial charge is 0.454 e. The third-order valence-electron chi connectivity index (χ3n) is 8.72. The molecule has 0 saturated carbocycles. The Bertz CT molecular complexity index is 2490. The summed E-state index contributed by atoms with van der Waals surface area (Å²) in [6, 6.07) is 40.3. The molecule has 1 aliphatic carbocycles. The molecule has 3 aromatic heterocycles. The van der Waals surface area contributed by atoms with Gasteiger partial charge in [0, 0.05) is 43.6 Å². The number of benzene rings is 5. The van der Waals surface area contributed by atoms with Crippen LogP contribution in [0.25, 0.3) is 84.2 Å². The molecule has 1 unspecified atom stereocenters. The van der Waals surface area contributed by atoms with Gasteiger partial charge in [-0.05, 0) is 54.8 Å². The lowest BCUT2D eigenvalue weighted by atomic mass is 9.99. The van der Waals surface area contributed by atoms with Crippen molar-refractivity contribution in [2.75, 3.05) is 0 Å². The standard InChI is InChI=1S/C39H27N3O/c1-24-15-20-32-33(23-24)40-39(41-36(32)25-9-3-2-4-10-25)26-16-18-27(19-17-26)42-34-13-7-5-11-28(34)30-21-22-31-29-12-6-8-14-35(29)43-38(31)37(30)42/h2-14,16-24H,15H2,1H3. The van der Waals surface area contributed by atoms with Gasteiger partial charge >= 0.3 is 0 Å². The first-order valence-electron chi connectivity index (χ1n) is 14.8. The Morgan fingerprint density at radius 1 is 0.674 bits per heavy atom. The lowest BCUT2D eigenvalue weighted by Crippen LogP contribution is -2.35. The van der Waals surface area contributed by atoms with Gasteiger partial charge in [-0.25, -0.2) is 9.97 Å². The van der Waals surface area contributed by atoms with Crippen LogP contribution in [0, 0.1) is 5.92 Å². The van der Waals surface area contributed by atoms with E-state index in [4.69, 9.17) is 14.4 Å². The van der Waals surface area contributed by atoms with Gasteiger partial charge in [0.1, 0.15) is 5.58 Å². The van der Waals surface area contributed by atoms with Crippen LogP contribution in [0.4, 0.5) is 0 Å². The molecular weight excluding hydrogens is 526 g/mol. The number of hydrogen-bond donors (Lipinski definition) is 0. The molecule has 4 nitrogen and oxygen atoms in total. The van der Waals surface area contributed by atoms with Crippen molar-refractivity contribution in [2.24, 2.45) is 5.92 Å². The average Bonchev–Trinajstić information content (AvgIpc) is 3.61. The SMILES string of the molecule is CC1C=c2nc(-c3ccc(-n4c5ccccc5c5ccc6c7ccccc7oc6c54)cc3)nc(-c3ccccc3)c2=CC1. The van der Waals surface area contributed by atoms with Crippen molar-refractivity contribution < 1.29 is 4.42 Å². The Kier molecular flexibility index (Phi) is 5.20. The number of furan rings is 1. The van der Waals surface area contributed by atoms with Crippen molar-refractivity contribution in [3.8, 4) is 28.3 Å². The average molecular weight is 554 g/mol. The summed E-state index contributed by atoms with van der Waals surface area (Å²) in [5, 5.41) is 6.79. The summed E-state index contributed by atoms with van der Waals surface area (Å²) in [5.74, 6) is 1.19. The first-order chi connectivity index (χ1) is 21.2. The van der Waals surface area contributed by atoms with Gasteiger partial charge in [-0.3, -0.25) is 0 Å². The fourth-order valence-corrected chi connectivity index (χ4v) is 6.66. The highest BCUT2D eigenvalue weighted by Gasteiger charge is 2.19. The number of nitrogens with zero attached hydrogens (tertiary/aromatic N) is 3. The summed E-state index contributed by atoms with van der Waals surface area (Å²) in [6.45, 7) is 2.24. The van der Waals surface area contributed by atoms with E-state index in [9.17, 15) is 0 Å². The van der Waals surface area contributed by atoms with Gasteiger partial charge < -0.3 is 8.98 Å². The second kappa shape index (κ2) is 9.27. The van der Waals surface area contributed by atoms with Gasteiger partial charge in [-0.1, -0.05) is 91.9 Å². The van der Waals surface area contributed by atoms with Crippen LogP contribution in [-0.4, -0.2) is 14.5 Å². The number of hydrogen-bond acceptors (Lipinski definition) is 3. The van der Waals surface area contributed by atoms with Crippen LogP contribution in [0.5, 0.6) is 0 Å². The molecule has 0 spiro atoms. The van der Waals surface area contributed by atoms with E-state index in [1.165, 1.54) is 10.8 Å². The maximum atomic E-state index is 6.52. The van der Waals surface area contributed by atoms with Crippen LogP contribution in [0.2, 0.25) is 0 Å². The predicted octanol–water partition coefficient (Wildman–Crippen LogP) is 8.41. The van der Waals surface area contributed by atoms with Crippen LogP contribution in [0.3, 0.4) is 0 Å². The van der Waals surface area contributed by atoms with Crippen LogP contribution in [0.1, 0.15) is 13.3 Å². The number of fused-ring (bicyclic) bond motifs is 8. The van der Waals surface area contributed by atoms with Gasteiger partial charge in [0.25, 0.3) is 0 Å². The molecule has 3 heterocycles. The van der Waals surface area contributed by atoms with Gasteiger partial charge in [0.05, 0.1) is 22.1 Å². The molecule has 0 fully saturated rings. The van der Waals surface area contributed by atoms with E-state index in [-0.39, 0.29) is 0 Å². The first-order valence-corrected chi connectivity index (χ1v) is 14.8. The van der Waals surface area contributed by atoms with E-state index in [1.807, 2.05) is 18.2 Å². The molecule has 0 bridgehead atoms. The maximum Gasteiger partial charge on any atom is 0.160 e. The third-order valence-corrected chi connectivity index (χ3v) is 8.72. The lowest BCUT2D eigenvalue weighted by Gasteiger charge is -2.13. The number of para-hydroxylation sites is 2. The Hall–Kier alpha value is -5.48. The molecule has 9 rings (SSSR count). The minimum absolute atomic E-state index is 0.451. The normalized spacial score (nSPS) is 14.7. The summed E-state index contributed by atoms with van der Waals surface area (Å²) < 4.78 is 8.85. The second-order valence-electron chi connectivity index (χ2n) is 11.5. The molecule has 1 aliphatic rings. The smallest absolute Gasteiger partial charge is 0.160 e. The molecule has 0 radical (unpaired) electrons. The van der Waals surface area contributed by atoms with Crippen molar-refractivity contribution in [2.45, 2.75) is 13.3 Å². The van der Waals surface area contributed by atoms with E-state index in [1.54, 1.807) is 0 Å². The monoisotopic (exact) mass is 553 g/mol. The Labute approximate surface area is 247 Å². The zero-order valence-electron chi connectivity index (χ0n) is 23.7. The molecule has 0 saturated heterocycles. The van der Waals surface area contributed by atoms with Crippen LogP contribution in [0.15, 0.2) is 120 Å². The number of rotatable bonds is 3. The van der Waals surface area contributed by atoms with Crippen molar-refractivity contribution >= 4 is 55.9 Å². The highest BCUT2D eigenvalue weighted by molar-refractivity contribution is 6.21. The van der Waals surface area contributed by atoms with Crippen molar-refractivity contribution in [1.82, 2.24) is 14.5 Å². The molecule has 0 N–H and O–H groups in total. The van der Waals surface area contributed by atoms with E-state index in [0.29, 0.717) is 5.92 Å². The molecule has 4 heteroatoms. The molecule has 1 atom stereocenters. The predicted molar refractivity (Wildman–Crippen MR) is 176 cm³/mol. The van der Waals surface area contributed by atoms with Gasteiger partial charge in [-0.2, -0.15) is 0 Å². The summed E-state index contributed by atoms with van der Waals surface area (Å²) >= 11 is 0. The summed E-state index contributed by atoms with van der Waals surface area (Å²) in [7, 11) is 0. The second-order valence-corrected chi connectivity index (χ2v) is 11.5. The Morgan fingerprint density at radius 3 is 2.28 bits per heavy atom. The third kappa shape index (κ3) is 3.70. The zero-order chi connectivity index (χ0) is 28.5.